The van der Waals surface area contributed by atoms with Crippen LogP contribution >= 0.6 is 27.3 Å². The molecule has 1 aromatic heterocycles. The summed E-state index contributed by atoms with van der Waals surface area (Å²) < 4.78 is 6.43. The first kappa shape index (κ1) is 14.3. The molecule has 2 aromatic rings. The van der Waals surface area contributed by atoms with Gasteiger partial charge in [-0.25, -0.2) is 0 Å². The number of fused-ring (bicyclic) bond motifs is 1. The van der Waals surface area contributed by atoms with Crippen LogP contribution in [0, 0.1) is 6.92 Å². The second-order valence-corrected chi connectivity index (χ2v) is 7.23. The van der Waals surface area contributed by atoms with Gasteiger partial charge in [-0.1, -0.05) is 0 Å². The van der Waals surface area contributed by atoms with Gasteiger partial charge in [0.2, 0.25) is 5.78 Å². The Balaban J connectivity index is 1.95. The summed E-state index contributed by atoms with van der Waals surface area (Å²) in [4.78, 5) is 24.8. The van der Waals surface area contributed by atoms with Crippen molar-refractivity contribution in [3.05, 3.63) is 44.1 Å². The third-order valence-electron chi connectivity index (χ3n) is 3.25. The van der Waals surface area contributed by atoms with Gasteiger partial charge in [0.05, 0.1) is 14.4 Å². The van der Waals surface area contributed by atoms with Crippen LogP contribution in [-0.2, 0) is 4.79 Å². The van der Waals surface area contributed by atoms with Crippen LogP contribution in [-0.4, -0.2) is 17.8 Å². The fourth-order valence-corrected chi connectivity index (χ4v) is 3.56. The lowest BCUT2D eigenvalue weighted by Gasteiger charge is -2.23. The van der Waals surface area contributed by atoms with Crippen LogP contribution in [0.3, 0.4) is 0 Å². The minimum Gasteiger partial charge on any atom is -0.479 e. The van der Waals surface area contributed by atoms with Crippen molar-refractivity contribution in [3.63, 3.8) is 0 Å². The van der Waals surface area contributed by atoms with E-state index in [0.717, 1.165) is 9.35 Å². The number of aryl methyl sites for hydroxylation is 1. The summed E-state index contributed by atoms with van der Waals surface area (Å²) in [5.41, 5.74) is 2.10. The fraction of sp³-hybridized carbons (Fsp3) is 0.200. The number of nitrogens with one attached hydrogen (secondary N) is 1. The third kappa shape index (κ3) is 2.61. The van der Waals surface area contributed by atoms with Crippen molar-refractivity contribution in [2.24, 2.45) is 0 Å². The Labute approximate surface area is 134 Å². The first-order valence-electron chi connectivity index (χ1n) is 6.38. The van der Waals surface area contributed by atoms with Crippen molar-refractivity contribution in [2.75, 3.05) is 5.32 Å². The monoisotopic (exact) mass is 365 g/mol. The molecule has 1 unspecified atom stereocenters. The maximum Gasteiger partial charge on any atom is 0.265 e. The molecule has 3 rings (SSSR count). The van der Waals surface area contributed by atoms with Gasteiger partial charge in [-0.3, -0.25) is 9.59 Å². The van der Waals surface area contributed by atoms with Gasteiger partial charge in [0.1, 0.15) is 5.75 Å². The highest BCUT2D eigenvalue weighted by Crippen LogP contribution is 2.33. The van der Waals surface area contributed by atoms with Gasteiger partial charge in [-0.15, -0.1) is 11.3 Å². The van der Waals surface area contributed by atoms with Gasteiger partial charge in [0.25, 0.3) is 5.91 Å². The molecule has 0 aliphatic carbocycles. The number of anilines is 1. The highest BCUT2D eigenvalue weighted by atomic mass is 79.9. The number of rotatable bonds is 2. The summed E-state index contributed by atoms with van der Waals surface area (Å²) in [6.07, 6.45) is -0.519. The zero-order chi connectivity index (χ0) is 15.1. The Hall–Kier alpha value is -1.66. The molecular weight excluding hydrogens is 354 g/mol. The number of halogens is 1. The van der Waals surface area contributed by atoms with E-state index in [1.165, 1.54) is 11.3 Å². The Kier molecular flexibility index (Phi) is 3.59. The minimum atomic E-state index is -0.519. The van der Waals surface area contributed by atoms with Crippen LogP contribution < -0.4 is 10.1 Å². The number of benzene rings is 1. The van der Waals surface area contributed by atoms with E-state index in [-0.39, 0.29) is 11.7 Å². The van der Waals surface area contributed by atoms with E-state index < -0.39 is 6.10 Å². The van der Waals surface area contributed by atoms with Gasteiger partial charge in [-0.2, -0.15) is 0 Å². The molecule has 1 N–H and O–H groups in total. The second kappa shape index (κ2) is 5.27. The van der Waals surface area contributed by atoms with E-state index in [1.807, 2.05) is 13.0 Å². The lowest BCUT2D eigenvalue weighted by atomic mass is 10.1. The van der Waals surface area contributed by atoms with Gasteiger partial charge < -0.3 is 10.1 Å². The summed E-state index contributed by atoms with van der Waals surface area (Å²) >= 11 is 4.82. The summed E-state index contributed by atoms with van der Waals surface area (Å²) in [6.45, 7) is 3.63. The van der Waals surface area contributed by atoms with Crippen molar-refractivity contribution < 1.29 is 14.3 Å². The predicted molar refractivity (Wildman–Crippen MR) is 85.4 cm³/mol. The minimum absolute atomic E-state index is 0.0653. The molecule has 6 heteroatoms. The molecule has 0 fully saturated rings. The number of ketones is 1. The summed E-state index contributed by atoms with van der Waals surface area (Å²) in [7, 11) is 0. The smallest absolute Gasteiger partial charge is 0.265 e. The first-order valence-corrected chi connectivity index (χ1v) is 7.99. The number of hydrogen-bond donors (Lipinski definition) is 1. The van der Waals surface area contributed by atoms with Gasteiger partial charge >= 0.3 is 0 Å². The highest BCUT2D eigenvalue weighted by Gasteiger charge is 2.24. The van der Waals surface area contributed by atoms with Crippen LogP contribution in [0.25, 0.3) is 0 Å². The molecule has 0 radical (unpaired) electrons. The molecule has 1 aliphatic heterocycles. The van der Waals surface area contributed by atoms with Crippen molar-refractivity contribution in [1.82, 2.24) is 0 Å². The molecule has 4 nitrogen and oxygen atoms in total. The van der Waals surface area contributed by atoms with Gasteiger partial charge in [-0.05, 0) is 59.6 Å². The van der Waals surface area contributed by atoms with E-state index in [9.17, 15) is 9.59 Å². The van der Waals surface area contributed by atoms with E-state index in [1.54, 1.807) is 25.1 Å². The number of ether oxygens (including phenoxy) is 1. The molecule has 1 aliphatic rings. The molecule has 0 spiro atoms. The standard InChI is InChI=1S/C15H12BrNO3S/c1-7-5-12(21-14(7)16)13(18)9-3-4-11-10(6-9)17-15(19)8(2)20-11/h3-6,8H,1-2H3,(H,17,19). The number of hydrogen-bond acceptors (Lipinski definition) is 4. The molecule has 2 heterocycles. The third-order valence-corrected chi connectivity index (χ3v) is 5.39. The first-order chi connectivity index (χ1) is 9.95. The SMILES string of the molecule is Cc1cc(C(=O)c2ccc3c(c2)NC(=O)C(C)O3)sc1Br. The Morgan fingerprint density at radius 1 is 1.38 bits per heavy atom. The van der Waals surface area contributed by atoms with Crippen molar-refractivity contribution in [2.45, 2.75) is 20.0 Å². The van der Waals surface area contributed by atoms with Crippen LogP contribution in [0.1, 0.15) is 27.7 Å². The fourth-order valence-electron chi connectivity index (χ4n) is 2.06. The Morgan fingerprint density at radius 3 is 2.81 bits per heavy atom. The van der Waals surface area contributed by atoms with E-state index in [0.29, 0.717) is 21.9 Å². The molecule has 1 amide bonds. The number of thiophene rings is 1. The zero-order valence-corrected chi connectivity index (χ0v) is 13.8. The van der Waals surface area contributed by atoms with Crippen molar-refractivity contribution >= 4 is 44.6 Å². The molecule has 0 bridgehead atoms. The Bertz CT molecular complexity index is 734. The Morgan fingerprint density at radius 2 is 2.14 bits per heavy atom. The van der Waals surface area contributed by atoms with Crippen LogP contribution in [0.5, 0.6) is 5.75 Å². The second-order valence-electron chi connectivity index (χ2n) is 4.86. The maximum absolute atomic E-state index is 12.5. The van der Waals surface area contributed by atoms with Crippen LogP contribution in [0.4, 0.5) is 5.69 Å². The molecule has 1 aromatic carbocycles. The molecule has 108 valence electrons. The zero-order valence-electron chi connectivity index (χ0n) is 11.4. The molecular formula is C15H12BrNO3S. The van der Waals surface area contributed by atoms with Gasteiger partial charge in [0.15, 0.2) is 6.10 Å². The van der Waals surface area contributed by atoms with Gasteiger partial charge in [0, 0.05) is 5.56 Å². The lowest BCUT2D eigenvalue weighted by Crippen LogP contribution is -2.34. The topological polar surface area (TPSA) is 55.4 Å². The summed E-state index contributed by atoms with van der Waals surface area (Å²) in [5.74, 6) is 0.313. The number of amides is 1. The summed E-state index contributed by atoms with van der Waals surface area (Å²) in [6, 6.07) is 6.94. The molecule has 0 saturated heterocycles. The average Bonchev–Trinajstić information content (AvgIpc) is 2.79. The van der Waals surface area contributed by atoms with Crippen LogP contribution in [0.15, 0.2) is 28.1 Å². The highest BCUT2D eigenvalue weighted by molar-refractivity contribution is 9.11. The van der Waals surface area contributed by atoms with Crippen molar-refractivity contribution in [3.8, 4) is 5.75 Å². The van der Waals surface area contributed by atoms with E-state index >= 15 is 0 Å². The molecule has 0 saturated carbocycles. The quantitative estimate of drug-likeness (QED) is 0.824. The molecule has 1 atom stereocenters. The molecule has 21 heavy (non-hydrogen) atoms. The van der Waals surface area contributed by atoms with Crippen LogP contribution in [0.2, 0.25) is 0 Å². The van der Waals surface area contributed by atoms with E-state index in [4.69, 9.17) is 4.74 Å². The summed E-state index contributed by atoms with van der Waals surface area (Å²) in [5, 5.41) is 2.75. The average molecular weight is 366 g/mol. The number of carbonyl (C=O) groups is 2. The maximum atomic E-state index is 12.5. The lowest BCUT2D eigenvalue weighted by molar-refractivity contribution is -0.122. The largest absolute Gasteiger partial charge is 0.479 e. The van der Waals surface area contributed by atoms with Crippen molar-refractivity contribution in [1.29, 1.82) is 0 Å². The number of carbonyl (C=O) groups excluding carboxylic acids is 2. The predicted octanol–water partition coefficient (Wildman–Crippen LogP) is 3.77. The van der Waals surface area contributed by atoms with E-state index in [2.05, 4.69) is 21.2 Å². The normalized spacial score (nSPS) is 16.9.